The van der Waals surface area contributed by atoms with Crippen LogP contribution in [-0.2, 0) is 14.3 Å². The molecule has 3 heterocycles. The van der Waals surface area contributed by atoms with Crippen molar-refractivity contribution in [3.63, 3.8) is 0 Å². The van der Waals surface area contributed by atoms with E-state index in [-0.39, 0.29) is 11.8 Å². The first kappa shape index (κ1) is 23.7. The number of rotatable bonds is 9. The summed E-state index contributed by atoms with van der Waals surface area (Å²) < 4.78 is 15.8. The first-order valence-electron chi connectivity index (χ1n) is 10.4. The second kappa shape index (κ2) is 10.6. The van der Waals surface area contributed by atoms with E-state index in [4.69, 9.17) is 14.2 Å². The average molecular weight is 499 g/mol. The first-order valence-corrected chi connectivity index (χ1v) is 12.2. The zero-order valence-electron chi connectivity index (χ0n) is 18.6. The van der Waals surface area contributed by atoms with Gasteiger partial charge in [-0.3, -0.25) is 9.59 Å². The molecule has 0 aliphatic carbocycles. The van der Waals surface area contributed by atoms with E-state index >= 15 is 0 Å². The summed E-state index contributed by atoms with van der Waals surface area (Å²) in [5, 5.41) is 9.86. The minimum Gasteiger partial charge on any atom is -0.493 e. The molecule has 0 spiro atoms. The summed E-state index contributed by atoms with van der Waals surface area (Å²) in [4.78, 5) is 38.7. The minimum atomic E-state index is -0.708. The number of hydrogen-bond acceptors (Lipinski definition) is 9. The molecule has 3 aromatic rings. The van der Waals surface area contributed by atoms with Crippen LogP contribution in [-0.4, -0.2) is 48.7 Å². The Balaban J connectivity index is 1.36. The Kier molecular flexibility index (Phi) is 7.39. The van der Waals surface area contributed by atoms with Gasteiger partial charge in [0.25, 0.3) is 5.91 Å². The predicted molar refractivity (Wildman–Crippen MR) is 129 cm³/mol. The van der Waals surface area contributed by atoms with Crippen LogP contribution in [0.15, 0.2) is 58.3 Å². The third-order valence-corrected chi connectivity index (χ3v) is 7.01. The molecular formula is C24H22N2O6S2. The molecule has 0 N–H and O–H groups in total. The highest BCUT2D eigenvalue weighted by molar-refractivity contribution is 7.12. The number of carbonyl (C=O) groups is 3. The predicted octanol–water partition coefficient (Wildman–Crippen LogP) is 4.32. The smallest absolute Gasteiger partial charge is 0.344 e. The van der Waals surface area contributed by atoms with Crippen LogP contribution < -0.4 is 9.47 Å². The summed E-state index contributed by atoms with van der Waals surface area (Å²) in [6, 6.07) is 12.2. The Bertz CT molecular complexity index is 1200. The van der Waals surface area contributed by atoms with Crippen LogP contribution in [0.25, 0.3) is 0 Å². The van der Waals surface area contributed by atoms with Crippen molar-refractivity contribution in [3.8, 4) is 11.5 Å². The highest BCUT2D eigenvalue weighted by Crippen LogP contribution is 2.36. The fourth-order valence-corrected chi connectivity index (χ4v) is 4.96. The molecule has 0 fully saturated rings. The second-order valence-corrected chi connectivity index (χ2v) is 9.30. The summed E-state index contributed by atoms with van der Waals surface area (Å²) in [6.45, 7) is 0.577. The van der Waals surface area contributed by atoms with Crippen LogP contribution in [0.1, 0.15) is 39.5 Å². The summed E-state index contributed by atoms with van der Waals surface area (Å²) in [5.41, 5.74) is 1.29. The average Bonchev–Trinajstić information content (AvgIpc) is 3.61. The first-order chi connectivity index (χ1) is 16.5. The number of carbonyl (C=O) groups excluding carboxylic acids is 3. The Hall–Kier alpha value is -3.50. The van der Waals surface area contributed by atoms with Gasteiger partial charge in [0.05, 0.1) is 23.7 Å². The van der Waals surface area contributed by atoms with E-state index < -0.39 is 25.1 Å². The lowest BCUT2D eigenvalue weighted by Gasteiger charge is -2.20. The van der Waals surface area contributed by atoms with Gasteiger partial charge in [-0.2, -0.15) is 5.10 Å². The molecule has 2 aromatic heterocycles. The lowest BCUT2D eigenvalue weighted by molar-refractivity contribution is -0.154. The molecule has 0 saturated carbocycles. The summed E-state index contributed by atoms with van der Waals surface area (Å²) in [5.74, 6) is -0.626. The molecule has 10 heteroatoms. The van der Waals surface area contributed by atoms with E-state index in [0.717, 1.165) is 15.5 Å². The van der Waals surface area contributed by atoms with Crippen LogP contribution in [0.5, 0.6) is 11.5 Å². The van der Waals surface area contributed by atoms with Gasteiger partial charge in [-0.15, -0.1) is 22.7 Å². The van der Waals surface area contributed by atoms with Crippen molar-refractivity contribution in [2.24, 2.45) is 5.10 Å². The van der Waals surface area contributed by atoms with E-state index in [1.165, 1.54) is 25.1 Å². The molecule has 1 unspecified atom stereocenters. The van der Waals surface area contributed by atoms with E-state index in [2.05, 4.69) is 5.10 Å². The molecule has 1 atom stereocenters. The number of hydrazone groups is 1. The molecule has 4 rings (SSSR count). The van der Waals surface area contributed by atoms with Gasteiger partial charge < -0.3 is 14.2 Å². The van der Waals surface area contributed by atoms with Crippen LogP contribution in [0.2, 0.25) is 0 Å². The van der Waals surface area contributed by atoms with Gasteiger partial charge in [0.15, 0.2) is 30.5 Å². The van der Waals surface area contributed by atoms with Gasteiger partial charge in [0.1, 0.15) is 0 Å². The van der Waals surface area contributed by atoms with E-state index in [0.29, 0.717) is 23.5 Å². The molecule has 1 aliphatic heterocycles. The summed E-state index contributed by atoms with van der Waals surface area (Å²) in [7, 11) is 1.44. The maximum absolute atomic E-state index is 12.9. The van der Waals surface area contributed by atoms with Crippen molar-refractivity contribution in [1.82, 2.24) is 5.01 Å². The molecule has 0 saturated heterocycles. The fourth-order valence-electron chi connectivity index (χ4n) is 3.43. The van der Waals surface area contributed by atoms with Gasteiger partial charge in [-0.1, -0.05) is 12.1 Å². The van der Waals surface area contributed by atoms with Crippen molar-refractivity contribution < 1.29 is 28.6 Å². The van der Waals surface area contributed by atoms with Gasteiger partial charge in [-0.25, -0.2) is 9.80 Å². The number of hydrogen-bond donors (Lipinski definition) is 0. The number of methoxy groups -OCH3 is 1. The van der Waals surface area contributed by atoms with Crippen LogP contribution in [0, 0.1) is 0 Å². The lowest BCUT2D eigenvalue weighted by atomic mass is 10.1. The maximum atomic E-state index is 12.9. The standard InChI is InChI=1S/C24H22N2O6S2/c1-15(27)16-7-8-19(20(11-16)30-2)31-14-24(29)32-13-23(28)26-18(22-6-4-10-34-22)12-17(25-26)21-5-3-9-33-21/h3-11,18H,12-14H2,1-2H3. The van der Waals surface area contributed by atoms with E-state index in [9.17, 15) is 14.4 Å². The monoisotopic (exact) mass is 498 g/mol. The number of esters is 1. The van der Waals surface area contributed by atoms with E-state index in [1.807, 2.05) is 35.0 Å². The molecule has 176 valence electrons. The SMILES string of the molecule is COc1cc(C(C)=O)ccc1OCC(=O)OCC(=O)N1N=C(c2cccs2)CC1c1cccs1. The molecule has 1 amide bonds. The molecule has 1 aliphatic rings. The number of thiophene rings is 2. The Morgan fingerprint density at radius 2 is 1.85 bits per heavy atom. The van der Waals surface area contributed by atoms with Gasteiger partial charge in [0, 0.05) is 16.9 Å². The van der Waals surface area contributed by atoms with Crippen molar-refractivity contribution in [2.75, 3.05) is 20.3 Å². The zero-order valence-corrected chi connectivity index (χ0v) is 20.2. The van der Waals surface area contributed by atoms with Crippen LogP contribution in [0.3, 0.4) is 0 Å². The highest BCUT2D eigenvalue weighted by Gasteiger charge is 2.34. The largest absolute Gasteiger partial charge is 0.493 e. The number of ether oxygens (including phenoxy) is 3. The van der Waals surface area contributed by atoms with Gasteiger partial charge in [-0.05, 0) is 48.0 Å². The van der Waals surface area contributed by atoms with Crippen molar-refractivity contribution in [2.45, 2.75) is 19.4 Å². The topological polar surface area (TPSA) is 94.5 Å². The Labute approximate surface area is 204 Å². The maximum Gasteiger partial charge on any atom is 0.344 e. The third kappa shape index (κ3) is 5.35. The van der Waals surface area contributed by atoms with Crippen molar-refractivity contribution in [1.29, 1.82) is 0 Å². The molecule has 1 aromatic carbocycles. The number of nitrogens with zero attached hydrogens (tertiary/aromatic N) is 2. The Morgan fingerprint density at radius 3 is 2.53 bits per heavy atom. The van der Waals surface area contributed by atoms with Crippen molar-refractivity contribution >= 4 is 46.0 Å². The summed E-state index contributed by atoms with van der Waals surface area (Å²) in [6.07, 6.45) is 0.597. The van der Waals surface area contributed by atoms with Gasteiger partial charge >= 0.3 is 5.97 Å². The second-order valence-electron chi connectivity index (χ2n) is 7.37. The van der Waals surface area contributed by atoms with Crippen molar-refractivity contribution in [3.05, 3.63) is 68.5 Å². The Morgan fingerprint density at radius 1 is 1.06 bits per heavy atom. The quantitative estimate of drug-likeness (QED) is 0.322. The number of ketones is 1. The van der Waals surface area contributed by atoms with E-state index in [1.54, 1.807) is 34.8 Å². The van der Waals surface area contributed by atoms with Crippen LogP contribution >= 0.6 is 22.7 Å². The number of amides is 1. The normalized spacial score (nSPS) is 15.1. The molecule has 8 nitrogen and oxygen atoms in total. The summed E-state index contributed by atoms with van der Waals surface area (Å²) >= 11 is 3.12. The fraction of sp³-hybridized carbons (Fsp3) is 0.250. The minimum absolute atomic E-state index is 0.115. The number of benzene rings is 1. The number of Topliss-reactive ketones (excluding diaryl/α,β-unsaturated/α-hetero) is 1. The van der Waals surface area contributed by atoms with Crippen LogP contribution in [0.4, 0.5) is 0 Å². The highest BCUT2D eigenvalue weighted by atomic mass is 32.1. The van der Waals surface area contributed by atoms with Gasteiger partial charge in [0.2, 0.25) is 0 Å². The zero-order chi connectivity index (χ0) is 24.1. The third-order valence-electron chi connectivity index (χ3n) is 5.12. The molecule has 0 radical (unpaired) electrons. The molecule has 34 heavy (non-hydrogen) atoms. The molecular weight excluding hydrogens is 476 g/mol. The lowest BCUT2D eigenvalue weighted by Crippen LogP contribution is -2.31. The molecule has 0 bridgehead atoms.